The summed E-state index contributed by atoms with van der Waals surface area (Å²) in [5.74, 6) is 0. The number of piperidine rings is 1. The Morgan fingerprint density at radius 3 is 2.71 bits per heavy atom. The zero-order valence-electron chi connectivity index (χ0n) is 13.8. The number of hydrogen-bond acceptors (Lipinski definition) is 2. The van der Waals surface area contributed by atoms with E-state index in [4.69, 9.17) is 5.73 Å². The van der Waals surface area contributed by atoms with Crippen LogP contribution in [0.5, 0.6) is 0 Å². The van der Waals surface area contributed by atoms with Crippen molar-refractivity contribution in [2.45, 2.75) is 76.4 Å². The third kappa shape index (κ3) is 2.76. The van der Waals surface area contributed by atoms with Gasteiger partial charge in [0.15, 0.2) is 0 Å². The summed E-state index contributed by atoms with van der Waals surface area (Å²) in [5.41, 5.74) is 9.72. The van der Waals surface area contributed by atoms with Gasteiger partial charge in [-0.1, -0.05) is 44.5 Å². The quantitative estimate of drug-likeness (QED) is 0.890. The Bertz CT molecular complexity index is 492. The normalized spacial score (nSPS) is 30.7. The SMILES string of the molecule is CC(N)C1CCCCN1C1CCC(C)(C)c2ccccc21. The molecule has 1 heterocycles. The average molecular weight is 286 g/mol. The molecule has 2 aliphatic rings. The summed E-state index contributed by atoms with van der Waals surface area (Å²) in [4.78, 5) is 2.72. The van der Waals surface area contributed by atoms with Crippen LogP contribution >= 0.6 is 0 Å². The molecule has 2 heteroatoms. The van der Waals surface area contributed by atoms with E-state index < -0.39 is 0 Å². The van der Waals surface area contributed by atoms with Gasteiger partial charge in [-0.2, -0.15) is 0 Å². The van der Waals surface area contributed by atoms with Crippen molar-refractivity contribution in [1.82, 2.24) is 4.90 Å². The van der Waals surface area contributed by atoms with Crippen molar-refractivity contribution in [3.63, 3.8) is 0 Å². The highest BCUT2D eigenvalue weighted by Crippen LogP contribution is 2.45. The lowest BCUT2D eigenvalue weighted by Gasteiger charge is -2.47. The number of rotatable bonds is 2. The largest absolute Gasteiger partial charge is 0.327 e. The summed E-state index contributed by atoms with van der Waals surface area (Å²) >= 11 is 0. The topological polar surface area (TPSA) is 29.3 Å². The predicted octanol–water partition coefficient (Wildman–Crippen LogP) is 4.00. The first kappa shape index (κ1) is 15.1. The van der Waals surface area contributed by atoms with E-state index >= 15 is 0 Å². The first-order valence-corrected chi connectivity index (χ1v) is 8.61. The zero-order chi connectivity index (χ0) is 15.0. The standard InChI is InChI=1S/C19H30N2/c1-14(20)17-10-6-7-13-21(17)18-11-12-19(2,3)16-9-5-4-8-15(16)18/h4-5,8-9,14,17-18H,6-7,10-13,20H2,1-3H3. The monoisotopic (exact) mass is 286 g/mol. The molecule has 3 unspecified atom stereocenters. The van der Waals surface area contributed by atoms with Crippen molar-refractivity contribution in [2.24, 2.45) is 5.73 Å². The van der Waals surface area contributed by atoms with Gasteiger partial charge >= 0.3 is 0 Å². The van der Waals surface area contributed by atoms with E-state index in [-0.39, 0.29) is 6.04 Å². The van der Waals surface area contributed by atoms with Gasteiger partial charge in [-0.3, -0.25) is 4.90 Å². The Hall–Kier alpha value is -0.860. The van der Waals surface area contributed by atoms with E-state index in [1.807, 2.05) is 0 Å². The Labute approximate surface area is 129 Å². The number of likely N-dealkylation sites (tertiary alicyclic amines) is 1. The minimum atomic E-state index is 0.271. The van der Waals surface area contributed by atoms with Crippen LogP contribution in [0.2, 0.25) is 0 Å². The third-order valence-electron chi connectivity index (χ3n) is 5.69. The molecule has 0 saturated carbocycles. The van der Waals surface area contributed by atoms with Gasteiger partial charge in [0.05, 0.1) is 0 Å². The van der Waals surface area contributed by atoms with E-state index in [1.54, 1.807) is 11.1 Å². The highest BCUT2D eigenvalue weighted by Gasteiger charge is 2.38. The van der Waals surface area contributed by atoms with Gasteiger partial charge in [0.2, 0.25) is 0 Å². The molecular formula is C19H30N2. The first-order chi connectivity index (χ1) is 10.0. The Balaban J connectivity index is 1.95. The molecule has 2 N–H and O–H groups in total. The van der Waals surface area contributed by atoms with Crippen molar-refractivity contribution in [2.75, 3.05) is 6.54 Å². The van der Waals surface area contributed by atoms with E-state index in [0.29, 0.717) is 17.5 Å². The summed E-state index contributed by atoms with van der Waals surface area (Å²) in [7, 11) is 0. The number of nitrogens with two attached hydrogens (primary N) is 1. The van der Waals surface area contributed by atoms with Crippen LogP contribution in [0.1, 0.15) is 70.0 Å². The maximum atomic E-state index is 6.30. The molecule has 3 atom stereocenters. The van der Waals surface area contributed by atoms with Crippen molar-refractivity contribution in [3.8, 4) is 0 Å². The smallest absolute Gasteiger partial charge is 0.0354 e. The van der Waals surface area contributed by atoms with E-state index in [9.17, 15) is 0 Å². The predicted molar refractivity (Wildman–Crippen MR) is 89.4 cm³/mol. The molecule has 0 bridgehead atoms. The molecule has 21 heavy (non-hydrogen) atoms. The van der Waals surface area contributed by atoms with Crippen LogP contribution in [0.4, 0.5) is 0 Å². The first-order valence-electron chi connectivity index (χ1n) is 8.61. The second-order valence-electron chi connectivity index (χ2n) is 7.69. The van der Waals surface area contributed by atoms with E-state index in [2.05, 4.69) is 49.9 Å². The van der Waals surface area contributed by atoms with Gasteiger partial charge in [0.1, 0.15) is 0 Å². The zero-order valence-corrected chi connectivity index (χ0v) is 13.8. The fraction of sp³-hybridized carbons (Fsp3) is 0.684. The molecule has 3 rings (SSSR count). The van der Waals surface area contributed by atoms with Crippen LogP contribution in [-0.4, -0.2) is 23.5 Å². The van der Waals surface area contributed by atoms with Crippen molar-refractivity contribution in [1.29, 1.82) is 0 Å². The fourth-order valence-corrected chi connectivity index (χ4v) is 4.47. The molecule has 1 aliphatic carbocycles. The second-order valence-corrected chi connectivity index (χ2v) is 7.69. The van der Waals surface area contributed by atoms with Gasteiger partial charge in [0, 0.05) is 18.1 Å². The van der Waals surface area contributed by atoms with Gasteiger partial charge in [-0.15, -0.1) is 0 Å². The second kappa shape index (κ2) is 5.73. The summed E-state index contributed by atoms with van der Waals surface area (Å²) in [6.07, 6.45) is 6.47. The maximum absolute atomic E-state index is 6.30. The summed E-state index contributed by atoms with van der Waals surface area (Å²) in [5, 5.41) is 0. The minimum Gasteiger partial charge on any atom is -0.327 e. The molecule has 0 spiro atoms. The van der Waals surface area contributed by atoms with Crippen LogP contribution in [0.25, 0.3) is 0 Å². The number of benzene rings is 1. The number of fused-ring (bicyclic) bond motifs is 1. The van der Waals surface area contributed by atoms with Crippen molar-refractivity contribution >= 4 is 0 Å². The van der Waals surface area contributed by atoms with Gasteiger partial charge in [-0.05, 0) is 55.7 Å². The van der Waals surface area contributed by atoms with E-state index in [1.165, 1.54) is 38.6 Å². The third-order valence-corrected chi connectivity index (χ3v) is 5.69. The molecule has 0 amide bonds. The molecule has 116 valence electrons. The van der Waals surface area contributed by atoms with Crippen molar-refractivity contribution in [3.05, 3.63) is 35.4 Å². The fourth-order valence-electron chi connectivity index (χ4n) is 4.47. The summed E-state index contributed by atoms with van der Waals surface area (Å²) < 4.78 is 0. The average Bonchev–Trinajstić information content (AvgIpc) is 2.47. The lowest BCUT2D eigenvalue weighted by molar-refractivity contribution is 0.0657. The number of nitrogens with zero attached hydrogens (tertiary/aromatic N) is 1. The summed E-state index contributed by atoms with van der Waals surface area (Å²) in [6.45, 7) is 8.18. The molecule has 0 radical (unpaired) electrons. The molecule has 1 aromatic rings. The Morgan fingerprint density at radius 2 is 1.95 bits per heavy atom. The molecule has 1 aliphatic heterocycles. The Kier molecular flexibility index (Phi) is 4.11. The van der Waals surface area contributed by atoms with Crippen LogP contribution in [-0.2, 0) is 5.41 Å². The van der Waals surface area contributed by atoms with Gasteiger partial charge in [-0.25, -0.2) is 0 Å². The molecule has 0 aromatic heterocycles. The van der Waals surface area contributed by atoms with Crippen LogP contribution in [0.3, 0.4) is 0 Å². The number of hydrogen-bond donors (Lipinski definition) is 1. The van der Waals surface area contributed by atoms with Crippen molar-refractivity contribution < 1.29 is 0 Å². The highest BCUT2D eigenvalue weighted by atomic mass is 15.2. The molecular weight excluding hydrogens is 256 g/mol. The highest BCUT2D eigenvalue weighted by molar-refractivity contribution is 5.38. The molecule has 1 aromatic carbocycles. The van der Waals surface area contributed by atoms with Crippen LogP contribution < -0.4 is 5.73 Å². The molecule has 1 saturated heterocycles. The molecule has 2 nitrogen and oxygen atoms in total. The maximum Gasteiger partial charge on any atom is 0.0354 e. The summed E-state index contributed by atoms with van der Waals surface area (Å²) in [6, 6.07) is 10.5. The van der Waals surface area contributed by atoms with Crippen LogP contribution in [0.15, 0.2) is 24.3 Å². The molecule has 1 fully saturated rings. The minimum absolute atomic E-state index is 0.271. The van der Waals surface area contributed by atoms with E-state index in [0.717, 1.165) is 0 Å². The lowest BCUT2D eigenvalue weighted by Crippen LogP contribution is -2.51. The van der Waals surface area contributed by atoms with Crippen LogP contribution in [0, 0.1) is 0 Å². The Morgan fingerprint density at radius 1 is 1.19 bits per heavy atom. The van der Waals surface area contributed by atoms with Gasteiger partial charge < -0.3 is 5.73 Å². The lowest BCUT2D eigenvalue weighted by atomic mass is 9.70. The van der Waals surface area contributed by atoms with Gasteiger partial charge in [0.25, 0.3) is 0 Å².